The van der Waals surface area contributed by atoms with Gasteiger partial charge in [-0.05, 0) is 67.8 Å². The molecule has 2 N–H and O–H groups in total. The smallest absolute Gasteiger partial charge is 0.223 e. The van der Waals surface area contributed by atoms with Crippen molar-refractivity contribution in [1.82, 2.24) is 10.6 Å². The molecule has 0 bridgehead atoms. The number of amides is 1. The van der Waals surface area contributed by atoms with Gasteiger partial charge < -0.3 is 10.6 Å². The van der Waals surface area contributed by atoms with Gasteiger partial charge in [0.25, 0.3) is 0 Å². The van der Waals surface area contributed by atoms with Gasteiger partial charge in [-0.15, -0.1) is 0 Å². The number of halogens is 1. The van der Waals surface area contributed by atoms with E-state index in [1.54, 1.807) is 0 Å². The summed E-state index contributed by atoms with van der Waals surface area (Å²) in [4.78, 5) is 12.6. The fourth-order valence-electron chi connectivity index (χ4n) is 3.81. The number of benzene rings is 1. The first kappa shape index (κ1) is 16.4. The van der Waals surface area contributed by atoms with Gasteiger partial charge in [-0.2, -0.15) is 0 Å². The van der Waals surface area contributed by atoms with Crippen molar-refractivity contribution in [2.75, 3.05) is 13.1 Å². The van der Waals surface area contributed by atoms with E-state index in [4.69, 9.17) is 0 Å². The SMILES string of the molecule is CC(C)C(Cc1ccc(F)cc1)NC(=O)C1CC12CCNCC2. The van der Waals surface area contributed by atoms with E-state index in [1.807, 2.05) is 12.1 Å². The molecule has 1 aromatic rings. The van der Waals surface area contributed by atoms with Crippen LogP contribution in [0.3, 0.4) is 0 Å². The average Bonchev–Trinajstić information content (AvgIpc) is 3.22. The van der Waals surface area contributed by atoms with Gasteiger partial charge in [0.15, 0.2) is 0 Å². The molecule has 1 heterocycles. The molecule has 1 spiro atoms. The molecule has 0 aromatic heterocycles. The molecule has 2 atom stereocenters. The molecular formula is C19H27FN2O. The molecule has 1 aromatic carbocycles. The van der Waals surface area contributed by atoms with Gasteiger partial charge in [-0.25, -0.2) is 4.39 Å². The summed E-state index contributed by atoms with van der Waals surface area (Å²) in [7, 11) is 0. The molecular weight excluding hydrogens is 291 g/mol. The lowest BCUT2D eigenvalue weighted by atomic mass is 9.91. The minimum Gasteiger partial charge on any atom is -0.353 e. The summed E-state index contributed by atoms with van der Waals surface area (Å²) in [6.45, 7) is 6.32. The van der Waals surface area contributed by atoms with Crippen LogP contribution in [0.15, 0.2) is 24.3 Å². The quantitative estimate of drug-likeness (QED) is 0.876. The molecule has 23 heavy (non-hydrogen) atoms. The number of rotatable bonds is 5. The summed E-state index contributed by atoms with van der Waals surface area (Å²) in [5, 5.41) is 6.63. The van der Waals surface area contributed by atoms with Gasteiger partial charge in [0.1, 0.15) is 5.82 Å². The number of carbonyl (C=O) groups is 1. The second kappa shape index (κ2) is 6.60. The Hall–Kier alpha value is -1.42. The highest BCUT2D eigenvalue weighted by atomic mass is 19.1. The van der Waals surface area contributed by atoms with Crippen molar-refractivity contribution >= 4 is 5.91 Å². The Morgan fingerprint density at radius 1 is 1.30 bits per heavy atom. The standard InChI is InChI=1S/C19H27FN2O/c1-13(2)17(11-14-3-5-15(20)6-4-14)22-18(23)16-12-19(16)7-9-21-10-8-19/h3-6,13,16-17,21H,7-12H2,1-2H3,(H,22,23). The van der Waals surface area contributed by atoms with E-state index in [2.05, 4.69) is 24.5 Å². The molecule has 1 aliphatic carbocycles. The first-order valence-electron chi connectivity index (χ1n) is 8.76. The maximum Gasteiger partial charge on any atom is 0.223 e. The van der Waals surface area contributed by atoms with Crippen molar-refractivity contribution in [3.63, 3.8) is 0 Å². The van der Waals surface area contributed by atoms with E-state index >= 15 is 0 Å². The molecule has 126 valence electrons. The van der Waals surface area contributed by atoms with E-state index in [9.17, 15) is 9.18 Å². The van der Waals surface area contributed by atoms with Crippen molar-refractivity contribution in [3.05, 3.63) is 35.6 Å². The molecule has 2 unspecified atom stereocenters. The number of nitrogens with one attached hydrogen (secondary N) is 2. The second-order valence-electron chi connectivity index (χ2n) is 7.56. The number of hydrogen-bond acceptors (Lipinski definition) is 2. The highest BCUT2D eigenvalue weighted by molar-refractivity contribution is 5.83. The Bertz CT molecular complexity index is 549. The molecule has 1 saturated carbocycles. The zero-order valence-corrected chi connectivity index (χ0v) is 14.1. The Kier molecular flexibility index (Phi) is 4.72. The lowest BCUT2D eigenvalue weighted by molar-refractivity contribution is -0.124. The molecule has 3 nitrogen and oxygen atoms in total. The summed E-state index contributed by atoms with van der Waals surface area (Å²) in [5.74, 6) is 0.545. The van der Waals surface area contributed by atoms with Gasteiger partial charge in [0.2, 0.25) is 5.91 Å². The Morgan fingerprint density at radius 3 is 2.57 bits per heavy atom. The predicted molar refractivity (Wildman–Crippen MR) is 89.5 cm³/mol. The van der Waals surface area contributed by atoms with Crippen molar-refractivity contribution in [2.45, 2.75) is 45.6 Å². The fraction of sp³-hybridized carbons (Fsp3) is 0.632. The highest BCUT2D eigenvalue weighted by Crippen LogP contribution is 2.58. The van der Waals surface area contributed by atoms with Crippen LogP contribution in [0.4, 0.5) is 4.39 Å². The first-order chi connectivity index (χ1) is 11.0. The van der Waals surface area contributed by atoms with Crippen LogP contribution in [-0.4, -0.2) is 25.0 Å². The molecule has 4 heteroatoms. The van der Waals surface area contributed by atoms with Crippen molar-refractivity contribution in [3.8, 4) is 0 Å². The van der Waals surface area contributed by atoms with Gasteiger partial charge in [0, 0.05) is 12.0 Å². The Labute approximate surface area is 138 Å². The van der Waals surface area contributed by atoms with E-state index in [-0.39, 0.29) is 29.1 Å². The molecule has 1 amide bonds. The van der Waals surface area contributed by atoms with Gasteiger partial charge in [-0.1, -0.05) is 26.0 Å². The summed E-state index contributed by atoms with van der Waals surface area (Å²) < 4.78 is 13.0. The van der Waals surface area contributed by atoms with Gasteiger partial charge in [0.05, 0.1) is 0 Å². The third-order valence-corrected chi connectivity index (χ3v) is 5.61. The van der Waals surface area contributed by atoms with Crippen LogP contribution in [0.1, 0.15) is 38.7 Å². The van der Waals surface area contributed by atoms with Crippen LogP contribution in [-0.2, 0) is 11.2 Å². The molecule has 2 fully saturated rings. The van der Waals surface area contributed by atoms with E-state index in [0.717, 1.165) is 44.3 Å². The lowest BCUT2D eigenvalue weighted by Gasteiger charge is -2.26. The molecule has 1 saturated heterocycles. The number of hydrogen-bond donors (Lipinski definition) is 2. The maximum absolute atomic E-state index is 13.0. The highest BCUT2D eigenvalue weighted by Gasteiger charge is 2.57. The van der Waals surface area contributed by atoms with E-state index < -0.39 is 0 Å². The third-order valence-electron chi connectivity index (χ3n) is 5.61. The van der Waals surface area contributed by atoms with Crippen LogP contribution < -0.4 is 10.6 Å². The molecule has 0 radical (unpaired) electrons. The largest absolute Gasteiger partial charge is 0.353 e. The third kappa shape index (κ3) is 3.74. The topological polar surface area (TPSA) is 41.1 Å². The Morgan fingerprint density at radius 2 is 1.96 bits per heavy atom. The van der Waals surface area contributed by atoms with E-state index in [0.29, 0.717) is 5.92 Å². The normalized spacial score (nSPS) is 23.7. The molecule has 3 rings (SSSR count). The van der Waals surface area contributed by atoms with Crippen LogP contribution in [0.5, 0.6) is 0 Å². The summed E-state index contributed by atoms with van der Waals surface area (Å²) >= 11 is 0. The van der Waals surface area contributed by atoms with Crippen molar-refractivity contribution in [2.24, 2.45) is 17.3 Å². The van der Waals surface area contributed by atoms with Crippen LogP contribution >= 0.6 is 0 Å². The number of carbonyl (C=O) groups excluding carboxylic acids is 1. The zero-order valence-electron chi connectivity index (χ0n) is 14.1. The Balaban J connectivity index is 1.59. The van der Waals surface area contributed by atoms with Crippen molar-refractivity contribution in [1.29, 1.82) is 0 Å². The zero-order chi connectivity index (χ0) is 16.4. The second-order valence-corrected chi connectivity index (χ2v) is 7.56. The van der Waals surface area contributed by atoms with E-state index in [1.165, 1.54) is 12.1 Å². The lowest BCUT2D eigenvalue weighted by Crippen LogP contribution is -2.42. The maximum atomic E-state index is 13.0. The average molecular weight is 318 g/mol. The molecule has 2 aliphatic rings. The fourth-order valence-corrected chi connectivity index (χ4v) is 3.81. The minimum atomic E-state index is -0.218. The van der Waals surface area contributed by atoms with Gasteiger partial charge >= 0.3 is 0 Å². The van der Waals surface area contributed by atoms with Crippen LogP contribution in [0.25, 0.3) is 0 Å². The summed E-state index contributed by atoms with van der Waals surface area (Å²) in [6.07, 6.45) is 4.04. The van der Waals surface area contributed by atoms with Crippen LogP contribution in [0, 0.1) is 23.1 Å². The first-order valence-corrected chi connectivity index (χ1v) is 8.76. The minimum absolute atomic E-state index is 0.104. The summed E-state index contributed by atoms with van der Waals surface area (Å²) in [6, 6.07) is 6.69. The van der Waals surface area contributed by atoms with Crippen LogP contribution in [0.2, 0.25) is 0 Å². The molecule has 1 aliphatic heterocycles. The van der Waals surface area contributed by atoms with Crippen molar-refractivity contribution < 1.29 is 9.18 Å². The number of piperidine rings is 1. The summed E-state index contributed by atoms with van der Waals surface area (Å²) in [5.41, 5.74) is 1.34. The van der Waals surface area contributed by atoms with Gasteiger partial charge in [-0.3, -0.25) is 4.79 Å². The monoisotopic (exact) mass is 318 g/mol. The predicted octanol–water partition coefficient (Wildman–Crippen LogP) is 2.90.